The molecule has 5 heteroatoms. The van der Waals surface area contributed by atoms with Crippen LogP contribution in [0.15, 0.2) is 15.9 Å². The van der Waals surface area contributed by atoms with Gasteiger partial charge in [0.1, 0.15) is 11.2 Å². The quantitative estimate of drug-likeness (QED) is 0.637. The smallest absolute Gasteiger partial charge is 0.320 e. The first-order valence-electron chi connectivity index (χ1n) is 4.96. The predicted molar refractivity (Wildman–Crippen MR) is 64.4 cm³/mol. The Balaban J connectivity index is 2.32. The first-order valence-corrected chi connectivity index (χ1v) is 6.64. The number of hydrogen-bond acceptors (Lipinski definition) is 4. The first kappa shape index (κ1) is 11.8. The van der Waals surface area contributed by atoms with Crippen molar-refractivity contribution in [2.45, 2.75) is 19.8 Å². The monoisotopic (exact) mass is 302 g/mol. The van der Waals surface area contributed by atoms with Gasteiger partial charge in [-0.15, -0.1) is 11.3 Å². The van der Waals surface area contributed by atoms with Crippen LogP contribution in [-0.2, 0) is 20.7 Å². The number of hydrogen-bond donors (Lipinski definition) is 0. The molecular weight excluding hydrogens is 292 g/mol. The molecule has 1 unspecified atom stereocenters. The van der Waals surface area contributed by atoms with Crippen molar-refractivity contribution in [3.63, 3.8) is 0 Å². The Morgan fingerprint density at radius 3 is 2.88 bits per heavy atom. The molecule has 0 radical (unpaired) electrons. The summed E-state index contributed by atoms with van der Waals surface area (Å²) in [6.45, 7) is 1.81. The number of rotatable bonds is 3. The van der Waals surface area contributed by atoms with Gasteiger partial charge in [0.05, 0.1) is 6.61 Å². The van der Waals surface area contributed by atoms with Gasteiger partial charge in [0.15, 0.2) is 0 Å². The molecule has 3 nitrogen and oxygen atoms in total. The summed E-state index contributed by atoms with van der Waals surface area (Å²) >= 11 is 4.96. The molecule has 1 aliphatic rings. The van der Waals surface area contributed by atoms with E-state index in [1.165, 1.54) is 6.92 Å². The molecule has 16 heavy (non-hydrogen) atoms. The lowest BCUT2D eigenvalue weighted by atomic mass is 9.79. The summed E-state index contributed by atoms with van der Waals surface area (Å²) in [6, 6.07) is 1.92. The topological polar surface area (TPSA) is 43.4 Å². The highest BCUT2D eigenvalue weighted by Crippen LogP contribution is 2.38. The van der Waals surface area contributed by atoms with Crippen LogP contribution in [0.4, 0.5) is 0 Å². The van der Waals surface area contributed by atoms with Gasteiger partial charge < -0.3 is 4.74 Å². The highest BCUT2D eigenvalue weighted by molar-refractivity contribution is 9.10. The summed E-state index contributed by atoms with van der Waals surface area (Å²) in [5.74, 6) is -0.476. The number of cyclic esters (lactones) is 1. The lowest BCUT2D eigenvalue weighted by molar-refractivity contribution is -0.150. The minimum atomic E-state index is -0.951. The molecule has 1 atom stereocenters. The number of halogens is 1. The van der Waals surface area contributed by atoms with Crippen molar-refractivity contribution in [2.24, 2.45) is 5.41 Å². The van der Waals surface area contributed by atoms with Gasteiger partial charge in [0.25, 0.3) is 0 Å². The first-order chi connectivity index (χ1) is 7.56. The van der Waals surface area contributed by atoms with E-state index in [-0.39, 0.29) is 11.8 Å². The van der Waals surface area contributed by atoms with Crippen LogP contribution in [0.2, 0.25) is 0 Å². The van der Waals surface area contributed by atoms with Gasteiger partial charge in [-0.3, -0.25) is 9.59 Å². The number of ketones is 1. The molecule has 0 aromatic carbocycles. The highest BCUT2D eigenvalue weighted by Gasteiger charge is 2.49. The normalized spacial score (nSPS) is 24.5. The van der Waals surface area contributed by atoms with Crippen LogP contribution in [0.25, 0.3) is 0 Å². The summed E-state index contributed by atoms with van der Waals surface area (Å²) in [5, 5.41) is 1.94. The fourth-order valence-electron chi connectivity index (χ4n) is 1.89. The number of Topliss-reactive ketones (excluding diaryl/α,β-unsaturated/α-hetero) is 1. The molecule has 0 spiro atoms. The minimum absolute atomic E-state index is 0.102. The van der Waals surface area contributed by atoms with E-state index in [4.69, 9.17) is 4.74 Å². The molecule has 0 N–H and O–H groups in total. The van der Waals surface area contributed by atoms with Crippen LogP contribution in [0, 0.1) is 5.41 Å². The van der Waals surface area contributed by atoms with Crippen molar-refractivity contribution in [1.82, 2.24) is 0 Å². The van der Waals surface area contributed by atoms with E-state index in [0.717, 1.165) is 9.35 Å². The summed E-state index contributed by atoms with van der Waals surface area (Å²) in [4.78, 5) is 24.4. The van der Waals surface area contributed by atoms with Crippen LogP contribution in [0.1, 0.15) is 18.2 Å². The Morgan fingerprint density at radius 1 is 1.69 bits per heavy atom. The molecular formula is C11H11BrO3S. The van der Waals surface area contributed by atoms with Gasteiger partial charge in [-0.2, -0.15) is 0 Å². The molecule has 0 saturated carbocycles. The standard InChI is InChI=1S/C11H11BrO3S/c1-7(13)11(3-4-15-10(11)14)6-9-8(12)2-5-16-9/h2,5H,3-4,6H2,1H3. The number of thiophene rings is 1. The highest BCUT2D eigenvalue weighted by atomic mass is 79.9. The lowest BCUT2D eigenvalue weighted by Crippen LogP contribution is -2.36. The van der Waals surface area contributed by atoms with Crippen molar-refractivity contribution in [3.05, 3.63) is 20.8 Å². The number of carbonyl (C=O) groups excluding carboxylic acids is 2. The molecule has 1 aromatic heterocycles. The Bertz CT molecular complexity index is 440. The molecule has 86 valence electrons. The summed E-state index contributed by atoms with van der Waals surface area (Å²) in [5.41, 5.74) is -0.951. The molecule has 1 aliphatic heterocycles. The van der Waals surface area contributed by atoms with Crippen molar-refractivity contribution < 1.29 is 14.3 Å². The maximum Gasteiger partial charge on any atom is 0.320 e. The van der Waals surface area contributed by atoms with E-state index < -0.39 is 5.41 Å². The van der Waals surface area contributed by atoms with Crippen molar-refractivity contribution in [2.75, 3.05) is 6.61 Å². The Kier molecular flexibility index (Phi) is 3.17. The largest absolute Gasteiger partial charge is 0.465 e. The summed E-state index contributed by atoms with van der Waals surface area (Å²) in [7, 11) is 0. The molecule has 2 heterocycles. The van der Waals surface area contributed by atoms with Crippen LogP contribution in [0.3, 0.4) is 0 Å². The Labute approximate surface area is 106 Å². The van der Waals surface area contributed by atoms with E-state index in [9.17, 15) is 9.59 Å². The Hall–Kier alpha value is -0.680. The van der Waals surface area contributed by atoms with Crippen molar-refractivity contribution >= 4 is 39.0 Å². The molecule has 0 aliphatic carbocycles. The third-order valence-corrected chi connectivity index (χ3v) is 4.91. The van der Waals surface area contributed by atoms with Crippen molar-refractivity contribution in [1.29, 1.82) is 0 Å². The van der Waals surface area contributed by atoms with Crippen molar-refractivity contribution in [3.8, 4) is 0 Å². The number of esters is 1. The SMILES string of the molecule is CC(=O)C1(Cc2sccc2Br)CCOC1=O. The average molecular weight is 303 g/mol. The molecule has 0 amide bonds. The van der Waals surface area contributed by atoms with Gasteiger partial charge >= 0.3 is 5.97 Å². The zero-order valence-corrected chi connectivity index (χ0v) is 11.2. The lowest BCUT2D eigenvalue weighted by Gasteiger charge is -2.20. The molecule has 1 saturated heterocycles. The molecule has 1 fully saturated rings. The van der Waals surface area contributed by atoms with E-state index >= 15 is 0 Å². The van der Waals surface area contributed by atoms with Gasteiger partial charge in [-0.05, 0) is 34.3 Å². The zero-order valence-electron chi connectivity index (χ0n) is 8.79. The maximum absolute atomic E-state index is 11.7. The van der Waals surface area contributed by atoms with Crippen LogP contribution >= 0.6 is 27.3 Å². The predicted octanol–water partition coefficient (Wildman–Crippen LogP) is 2.58. The van der Waals surface area contributed by atoms with Crippen LogP contribution in [-0.4, -0.2) is 18.4 Å². The zero-order chi connectivity index (χ0) is 11.8. The molecule has 1 aromatic rings. The van der Waals surface area contributed by atoms with Gasteiger partial charge in [0.2, 0.25) is 0 Å². The Morgan fingerprint density at radius 2 is 2.44 bits per heavy atom. The van der Waals surface area contributed by atoms with Crippen LogP contribution < -0.4 is 0 Å². The summed E-state index contributed by atoms with van der Waals surface area (Å²) in [6.07, 6.45) is 0.935. The van der Waals surface area contributed by atoms with E-state index in [2.05, 4.69) is 15.9 Å². The third kappa shape index (κ3) is 1.82. The van der Waals surface area contributed by atoms with Gasteiger partial charge in [0, 0.05) is 22.2 Å². The van der Waals surface area contributed by atoms with Gasteiger partial charge in [-0.1, -0.05) is 0 Å². The average Bonchev–Trinajstić information content (AvgIpc) is 2.77. The number of ether oxygens (including phenoxy) is 1. The van der Waals surface area contributed by atoms with Crippen LogP contribution in [0.5, 0.6) is 0 Å². The minimum Gasteiger partial charge on any atom is -0.465 e. The van der Waals surface area contributed by atoms with E-state index in [1.807, 2.05) is 11.4 Å². The van der Waals surface area contributed by atoms with Gasteiger partial charge in [-0.25, -0.2) is 0 Å². The second kappa shape index (κ2) is 4.30. The fraction of sp³-hybridized carbons (Fsp3) is 0.455. The second-order valence-electron chi connectivity index (χ2n) is 3.89. The second-order valence-corrected chi connectivity index (χ2v) is 5.75. The van der Waals surface area contributed by atoms with E-state index in [0.29, 0.717) is 19.4 Å². The maximum atomic E-state index is 11.7. The third-order valence-electron chi connectivity index (χ3n) is 2.98. The number of carbonyl (C=O) groups is 2. The van der Waals surface area contributed by atoms with E-state index in [1.54, 1.807) is 11.3 Å². The molecule has 0 bridgehead atoms. The fourth-order valence-corrected chi connectivity index (χ4v) is 3.49. The summed E-state index contributed by atoms with van der Waals surface area (Å²) < 4.78 is 5.90. The molecule has 2 rings (SSSR count).